The Morgan fingerprint density at radius 3 is 0.952 bits per heavy atom. The number of benzene rings is 4. The Balaban J connectivity index is 1.33. The summed E-state index contributed by atoms with van der Waals surface area (Å²) >= 11 is 0. The zero-order valence-electron chi connectivity index (χ0n) is 26.1. The predicted molar refractivity (Wildman–Crippen MR) is 182 cm³/mol. The summed E-state index contributed by atoms with van der Waals surface area (Å²) in [5.74, 6) is 0. The van der Waals surface area contributed by atoms with Crippen molar-refractivity contribution in [1.29, 1.82) is 0 Å². The first-order valence-electron chi connectivity index (χ1n) is 15.3. The van der Waals surface area contributed by atoms with Crippen molar-refractivity contribution in [2.24, 2.45) is 0 Å². The molecule has 0 unspecified atom stereocenters. The van der Waals surface area contributed by atoms with E-state index in [9.17, 15) is 0 Å². The SMILES string of the molecule is CC(C)(C)[Si](OC[C@@H]1C[C@@H](CO[Si](c2ccccc2)(c2ccccc2)C(C)(C)C)N1)(c1ccccc1)c1ccccc1. The van der Waals surface area contributed by atoms with Gasteiger partial charge in [0.05, 0.1) is 13.2 Å². The van der Waals surface area contributed by atoms with Gasteiger partial charge in [-0.1, -0.05) is 163 Å². The van der Waals surface area contributed by atoms with Gasteiger partial charge in [-0.2, -0.15) is 0 Å². The molecule has 5 rings (SSSR count). The molecule has 1 fully saturated rings. The number of hydrogen-bond acceptors (Lipinski definition) is 3. The summed E-state index contributed by atoms with van der Waals surface area (Å²) in [5, 5.41) is 9.10. The molecule has 0 saturated carbocycles. The Morgan fingerprint density at radius 1 is 0.500 bits per heavy atom. The van der Waals surface area contributed by atoms with Gasteiger partial charge in [-0.3, -0.25) is 0 Å². The molecule has 0 aromatic heterocycles. The van der Waals surface area contributed by atoms with E-state index in [0.29, 0.717) is 25.3 Å². The molecule has 4 aromatic rings. The topological polar surface area (TPSA) is 30.5 Å². The van der Waals surface area contributed by atoms with Crippen molar-refractivity contribution < 1.29 is 8.85 Å². The highest BCUT2D eigenvalue weighted by Crippen LogP contribution is 2.38. The van der Waals surface area contributed by atoms with Gasteiger partial charge in [-0.15, -0.1) is 0 Å². The zero-order valence-corrected chi connectivity index (χ0v) is 28.1. The number of nitrogens with one attached hydrogen (secondary N) is 1. The van der Waals surface area contributed by atoms with E-state index in [4.69, 9.17) is 8.85 Å². The van der Waals surface area contributed by atoms with E-state index in [1.807, 2.05) is 0 Å². The maximum Gasteiger partial charge on any atom is 0.261 e. The Hall–Kier alpha value is -2.81. The molecule has 1 N–H and O–H groups in total. The first-order valence-corrected chi connectivity index (χ1v) is 19.2. The van der Waals surface area contributed by atoms with E-state index >= 15 is 0 Å². The van der Waals surface area contributed by atoms with Crippen LogP contribution in [0.5, 0.6) is 0 Å². The summed E-state index contributed by atoms with van der Waals surface area (Å²) in [7, 11) is -5.08. The Morgan fingerprint density at radius 2 is 0.738 bits per heavy atom. The molecule has 2 atom stereocenters. The van der Waals surface area contributed by atoms with Crippen molar-refractivity contribution in [2.75, 3.05) is 13.2 Å². The van der Waals surface area contributed by atoms with Gasteiger partial charge in [0.1, 0.15) is 0 Å². The third-order valence-corrected chi connectivity index (χ3v) is 18.9. The fraction of sp³-hybridized carbons (Fsp3) is 0.351. The third-order valence-electron chi connectivity index (χ3n) is 8.88. The van der Waals surface area contributed by atoms with Gasteiger partial charge in [-0.05, 0) is 37.2 Å². The second kappa shape index (κ2) is 12.4. The van der Waals surface area contributed by atoms with Crippen molar-refractivity contribution in [2.45, 2.75) is 70.1 Å². The normalized spacial score (nSPS) is 18.0. The quantitative estimate of drug-likeness (QED) is 0.233. The van der Waals surface area contributed by atoms with E-state index in [1.165, 1.54) is 20.7 Å². The van der Waals surface area contributed by atoms with Crippen LogP contribution in [-0.2, 0) is 8.85 Å². The molecule has 220 valence electrons. The Bertz CT molecular complexity index is 1210. The second-order valence-corrected chi connectivity index (χ2v) is 22.4. The van der Waals surface area contributed by atoms with Crippen molar-refractivity contribution >= 4 is 37.4 Å². The van der Waals surface area contributed by atoms with E-state index in [2.05, 4.69) is 168 Å². The van der Waals surface area contributed by atoms with Gasteiger partial charge < -0.3 is 14.2 Å². The molecular formula is C37H47NO2Si2. The molecule has 0 aliphatic carbocycles. The van der Waals surface area contributed by atoms with Crippen LogP contribution in [0.1, 0.15) is 48.0 Å². The molecule has 1 heterocycles. The monoisotopic (exact) mass is 593 g/mol. The van der Waals surface area contributed by atoms with Crippen LogP contribution in [0.3, 0.4) is 0 Å². The number of hydrogen-bond donors (Lipinski definition) is 1. The lowest BCUT2D eigenvalue weighted by molar-refractivity contribution is 0.123. The van der Waals surface area contributed by atoms with Gasteiger partial charge in [0.15, 0.2) is 0 Å². The molecule has 1 saturated heterocycles. The fourth-order valence-corrected chi connectivity index (χ4v) is 16.1. The minimum Gasteiger partial charge on any atom is -0.406 e. The average Bonchev–Trinajstić information content (AvgIpc) is 2.96. The molecule has 1 aliphatic rings. The molecule has 1 aliphatic heterocycles. The maximum atomic E-state index is 7.20. The predicted octanol–water partition coefficient (Wildman–Crippen LogP) is 5.87. The molecule has 4 aromatic carbocycles. The number of rotatable bonds is 10. The summed E-state index contributed by atoms with van der Waals surface area (Å²) in [6.45, 7) is 15.4. The van der Waals surface area contributed by atoms with Crippen LogP contribution in [0, 0.1) is 0 Å². The van der Waals surface area contributed by atoms with Crippen LogP contribution >= 0.6 is 0 Å². The van der Waals surface area contributed by atoms with Crippen LogP contribution in [-0.4, -0.2) is 41.9 Å². The molecule has 0 radical (unpaired) electrons. The standard InChI is InChI=1S/C37H47NO2Si2/c1-36(2,3)41(32-19-11-7-12-20-32,33-21-13-8-14-22-33)39-28-30-27-31(38-30)29-40-42(37(4,5)6,34-23-15-9-16-24-34)35-25-17-10-18-26-35/h7-26,30-31,38H,27-29H2,1-6H3/t30-,31-/m0/s1. The summed E-state index contributed by atoms with van der Waals surface area (Å²) < 4.78 is 14.4. The Kier molecular flexibility index (Phi) is 9.07. The molecular weight excluding hydrogens is 547 g/mol. The lowest BCUT2D eigenvalue weighted by atomic mass is 9.99. The van der Waals surface area contributed by atoms with Crippen molar-refractivity contribution in [3.05, 3.63) is 121 Å². The Labute approximate surface area is 255 Å². The molecule has 42 heavy (non-hydrogen) atoms. The smallest absolute Gasteiger partial charge is 0.261 e. The van der Waals surface area contributed by atoms with Gasteiger partial charge in [-0.25, -0.2) is 0 Å². The summed E-state index contributed by atoms with van der Waals surface area (Å²) in [5.41, 5.74) is 0. The zero-order chi connectivity index (χ0) is 29.8. The lowest BCUT2D eigenvalue weighted by Crippen LogP contribution is -2.70. The van der Waals surface area contributed by atoms with Crippen LogP contribution in [0.25, 0.3) is 0 Å². The molecule has 0 bridgehead atoms. The maximum absolute atomic E-state index is 7.20. The van der Waals surface area contributed by atoms with Gasteiger partial charge >= 0.3 is 0 Å². The van der Waals surface area contributed by atoms with Crippen LogP contribution in [0.2, 0.25) is 10.1 Å². The summed E-state index contributed by atoms with van der Waals surface area (Å²) in [6.07, 6.45) is 1.05. The molecule has 3 nitrogen and oxygen atoms in total. The van der Waals surface area contributed by atoms with Crippen LogP contribution in [0.4, 0.5) is 0 Å². The highest BCUT2D eigenvalue weighted by molar-refractivity contribution is 7.00. The molecule has 0 spiro atoms. The van der Waals surface area contributed by atoms with E-state index in [1.54, 1.807) is 0 Å². The summed E-state index contributed by atoms with van der Waals surface area (Å²) in [4.78, 5) is 0. The van der Waals surface area contributed by atoms with Crippen molar-refractivity contribution in [3.63, 3.8) is 0 Å². The minimum atomic E-state index is -2.54. The minimum absolute atomic E-state index is 0.0226. The van der Waals surface area contributed by atoms with E-state index in [-0.39, 0.29) is 10.1 Å². The first-order chi connectivity index (χ1) is 20.1. The lowest BCUT2D eigenvalue weighted by Gasteiger charge is -2.47. The fourth-order valence-electron chi connectivity index (χ4n) is 6.86. The van der Waals surface area contributed by atoms with Gasteiger partial charge in [0, 0.05) is 12.1 Å². The van der Waals surface area contributed by atoms with Gasteiger partial charge in [0.25, 0.3) is 16.6 Å². The van der Waals surface area contributed by atoms with E-state index < -0.39 is 16.6 Å². The first kappa shape index (κ1) is 30.6. The van der Waals surface area contributed by atoms with Gasteiger partial charge in [0.2, 0.25) is 0 Å². The van der Waals surface area contributed by atoms with Crippen LogP contribution in [0.15, 0.2) is 121 Å². The second-order valence-electron chi connectivity index (χ2n) is 13.7. The van der Waals surface area contributed by atoms with Crippen molar-refractivity contribution in [3.8, 4) is 0 Å². The molecule has 0 amide bonds. The highest BCUT2D eigenvalue weighted by Gasteiger charge is 2.52. The van der Waals surface area contributed by atoms with Crippen LogP contribution < -0.4 is 26.1 Å². The summed E-state index contributed by atoms with van der Waals surface area (Å²) in [6, 6.07) is 44.3. The third kappa shape index (κ3) is 5.86. The largest absolute Gasteiger partial charge is 0.406 e. The van der Waals surface area contributed by atoms with E-state index in [0.717, 1.165) is 6.42 Å². The highest BCUT2D eigenvalue weighted by atomic mass is 28.4. The van der Waals surface area contributed by atoms with Crippen molar-refractivity contribution in [1.82, 2.24) is 5.32 Å². The average molecular weight is 594 g/mol. The molecule has 5 heteroatoms.